The molecule has 1 fully saturated rings. The fraction of sp³-hybridized carbons (Fsp3) is 0.368. The van der Waals surface area contributed by atoms with Gasteiger partial charge in [0.25, 0.3) is 0 Å². The quantitative estimate of drug-likeness (QED) is 0.721. The first-order valence-electron chi connectivity index (χ1n) is 8.74. The molecule has 2 aromatic carbocycles. The minimum absolute atomic E-state index is 0.0432. The number of hydrogen-bond acceptors (Lipinski definition) is 5. The molecule has 6 nitrogen and oxygen atoms in total. The maximum Gasteiger partial charge on any atom is 0.243 e. The van der Waals surface area contributed by atoms with Crippen LogP contribution in [-0.2, 0) is 10.0 Å². The molecule has 0 spiro atoms. The smallest absolute Gasteiger partial charge is 0.243 e. The zero-order valence-corrected chi connectivity index (χ0v) is 16.0. The first kappa shape index (κ1) is 19.6. The Hall–Kier alpha value is -2.16. The highest BCUT2D eigenvalue weighted by Crippen LogP contribution is 2.24. The fourth-order valence-corrected chi connectivity index (χ4v) is 4.39. The molecule has 0 aromatic heterocycles. The summed E-state index contributed by atoms with van der Waals surface area (Å²) in [4.78, 5) is 2.21. The molecule has 2 aromatic rings. The van der Waals surface area contributed by atoms with Crippen molar-refractivity contribution in [1.29, 1.82) is 0 Å². The second kappa shape index (κ2) is 8.69. The van der Waals surface area contributed by atoms with Crippen LogP contribution in [0.4, 0.5) is 4.39 Å². The van der Waals surface area contributed by atoms with Crippen molar-refractivity contribution in [3.63, 3.8) is 0 Å². The van der Waals surface area contributed by atoms with E-state index in [1.54, 1.807) is 0 Å². The number of sulfonamides is 1. The molecule has 27 heavy (non-hydrogen) atoms. The van der Waals surface area contributed by atoms with Gasteiger partial charge >= 0.3 is 0 Å². The van der Waals surface area contributed by atoms with Crippen LogP contribution in [0.15, 0.2) is 53.4 Å². The topological polar surface area (TPSA) is 59.1 Å². The SMILES string of the molecule is COc1cc(S(=O)(=O)N2CCN(CCOc3ccccc3)CC2)ccc1F. The number of para-hydroxylation sites is 1. The van der Waals surface area contributed by atoms with Crippen LogP contribution in [0.1, 0.15) is 0 Å². The lowest BCUT2D eigenvalue weighted by molar-refractivity contribution is 0.159. The third-order valence-corrected chi connectivity index (χ3v) is 6.41. The van der Waals surface area contributed by atoms with E-state index in [0.29, 0.717) is 32.8 Å². The van der Waals surface area contributed by atoms with E-state index in [1.165, 1.54) is 23.5 Å². The molecule has 0 saturated carbocycles. The van der Waals surface area contributed by atoms with Crippen LogP contribution in [0, 0.1) is 5.82 Å². The van der Waals surface area contributed by atoms with Crippen LogP contribution in [-0.4, -0.2) is 64.1 Å². The summed E-state index contributed by atoms with van der Waals surface area (Å²) >= 11 is 0. The van der Waals surface area contributed by atoms with Crippen LogP contribution in [0.2, 0.25) is 0 Å². The number of piperazine rings is 1. The largest absolute Gasteiger partial charge is 0.494 e. The maximum atomic E-state index is 13.5. The number of ether oxygens (including phenoxy) is 2. The molecule has 0 unspecified atom stereocenters. The molecule has 3 rings (SSSR count). The molecule has 1 aliphatic rings. The van der Waals surface area contributed by atoms with Gasteiger partial charge in [0.1, 0.15) is 12.4 Å². The zero-order valence-electron chi connectivity index (χ0n) is 15.2. The van der Waals surface area contributed by atoms with Gasteiger partial charge in [-0.2, -0.15) is 4.31 Å². The zero-order chi connectivity index (χ0) is 19.3. The van der Waals surface area contributed by atoms with Crippen molar-refractivity contribution in [3.8, 4) is 11.5 Å². The van der Waals surface area contributed by atoms with Crippen molar-refractivity contribution in [2.45, 2.75) is 4.90 Å². The van der Waals surface area contributed by atoms with Gasteiger partial charge in [0, 0.05) is 38.8 Å². The van der Waals surface area contributed by atoms with Gasteiger partial charge < -0.3 is 9.47 Å². The van der Waals surface area contributed by atoms with Crippen molar-refractivity contribution in [3.05, 3.63) is 54.3 Å². The molecule has 1 saturated heterocycles. The van der Waals surface area contributed by atoms with E-state index in [2.05, 4.69) is 4.90 Å². The molecule has 1 aliphatic heterocycles. The molecule has 0 radical (unpaired) electrons. The van der Waals surface area contributed by atoms with Crippen molar-refractivity contribution < 1.29 is 22.3 Å². The number of nitrogens with zero attached hydrogens (tertiary/aromatic N) is 2. The van der Waals surface area contributed by atoms with Crippen LogP contribution < -0.4 is 9.47 Å². The predicted molar refractivity (Wildman–Crippen MR) is 100 cm³/mol. The summed E-state index contributed by atoms with van der Waals surface area (Å²) in [6.07, 6.45) is 0. The Morgan fingerprint density at radius 2 is 1.74 bits per heavy atom. The van der Waals surface area contributed by atoms with Crippen LogP contribution in [0.25, 0.3) is 0 Å². The molecule has 0 atom stereocenters. The molecular formula is C19H23FN2O4S. The summed E-state index contributed by atoms with van der Waals surface area (Å²) in [6.45, 7) is 3.28. The summed E-state index contributed by atoms with van der Waals surface area (Å²) < 4.78 is 51.1. The Morgan fingerprint density at radius 1 is 1.04 bits per heavy atom. The van der Waals surface area contributed by atoms with Crippen molar-refractivity contribution >= 4 is 10.0 Å². The molecule has 0 N–H and O–H groups in total. The molecule has 0 aliphatic carbocycles. The molecule has 1 heterocycles. The van der Waals surface area contributed by atoms with Crippen LogP contribution >= 0.6 is 0 Å². The third-order valence-electron chi connectivity index (χ3n) is 4.51. The highest BCUT2D eigenvalue weighted by atomic mass is 32.2. The van der Waals surface area contributed by atoms with Crippen molar-refractivity contribution in [2.24, 2.45) is 0 Å². The Labute approximate surface area is 159 Å². The summed E-state index contributed by atoms with van der Waals surface area (Å²) in [5.74, 6) is 0.163. The van der Waals surface area contributed by atoms with E-state index < -0.39 is 15.8 Å². The summed E-state index contributed by atoms with van der Waals surface area (Å²) in [7, 11) is -2.36. The van der Waals surface area contributed by atoms with E-state index in [0.717, 1.165) is 18.4 Å². The van der Waals surface area contributed by atoms with Crippen LogP contribution in [0.3, 0.4) is 0 Å². The van der Waals surface area contributed by atoms with E-state index in [1.807, 2.05) is 30.3 Å². The molecule has 0 bridgehead atoms. The van der Waals surface area contributed by atoms with E-state index in [4.69, 9.17) is 9.47 Å². The highest BCUT2D eigenvalue weighted by molar-refractivity contribution is 7.89. The van der Waals surface area contributed by atoms with Gasteiger partial charge in [0.2, 0.25) is 10.0 Å². The molecular weight excluding hydrogens is 371 g/mol. The van der Waals surface area contributed by atoms with E-state index >= 15 is 0 Å². The number of methoxy groups -OCH3 is 1. The summed E-state index contributed by atoms with van der Waals surface area (Å²) in [6, 6.07) is 13.2. The minimum atomic E-state index is -3.67. The maximum absolute atomic E-state index is 13.5. The third kappa shape index (κ3) is 4.77. The first-order valence-corrected chi connectivity index (χ1v) is 10.2. The normalized spacial score (nSPS) is 16.2. The monoisotopic (exact) mass is 394 g/mol. The van der Waals surface area contributed by atoms with Gasteiger partial charge in [-0.05, 0) is 24.3 Å². The Kier molecular flexibility index (Phi) is 6.30. The van der Waals surface area contributed by atoms with Gasteiger partial charge in [-0.1, -0.05) is 18.2 Å². The van der Waals surface area contributed by atoms with E-state index in [-0.39, 0.29) is 10.6 Å². The number of benzene rings is 2. The Balaban J connectivity index is 1.53. The van der Waals surface area contributed by atoms with Crippen molar-refractivity contribution in [2.75, 3.05) is 46.4 Å². The van der Waals surface area contributed by atoms with Crippen LogP contribution in [0.5, 0.6) is 11.5 Å². The lowest BCUT2D eigenvalue weighted by Gasteiger charge is -2.33. The predicted octanol–water partition coefficient (Wildman–Crippen LogP) is 2.22. The van der Waals surface area contributed by atoms with Gasteiger partial charge in [0.05, 0.1) is 12.0 Å². The van der Waals surface area contributed by atoms with Gasteiger partial charge in [-0.15, -0.1) is 0 Å². The van der Waals surface area contributed by atoms with Gasteiger partial charge in [0.15, 0.2) is 11.6 Å². The van der Waals surface area contributed by atoms with Gasteiger partial charge in [-0.3, -0.25) is 4.90 Å². The number of halogens is 1. The molecule has 146 valence electrons. The van der Waals surface area contributed by atoms with Crippen molar-refractivity contribution in [1.82, 2.24) is 9.21 Å². The number of rotatable bonds is 7. The second-order valence-electron chi connectivity index (χ2n) is 6.20. The minimum Gasteiger partial charge on any atom is -0.494 e. The average molecular weight is 394 g/mol. The second-order valence-corrected chi connectivity index (χ2v) is 8.14. The lowest BCUT2D eigenvalue weighted by atomic mass is 10.3. The first-order chi connectivity index (χ1) is 13.0. The lowest BCUT2D eigenvalue weighted by Crippen LogP contribution is -2.49. The standard InChI is InChI=1S/C19H23FN2O4S/c1-25-19-15-17(7-8-18(19)20)27(23,24)22-11-9-21(10-12-22)13-14-26-16-5-3-2-4-6-16/h2-8,15H,9-14H2,1H3. The molecule has 8 heteroatoms. The highest BCUT2D eigenvalue weighted by Gasteiger charge is 2.29. The van der Waals surface area contributed by atoms with Gasteiger partial charge in [-0.25, -0.2) is 12.8 Å². The number of hydrogen-bond donors (Lipinski definition) is 0. The van der Waals surface area contributed by atoms with E-state index in [9.17, 15) is 12.8 Å². The summed E-state index contributed by atoms with van der Waals surface area (Å²) in [5.41, 5.74) is 0. The Morgan fingerprint density at radius 3 is 2.41 bits per heavy atom. The molecule has 0 amide bonds. The fourth-order valence-electron chi connectivity index (χ4n) is 2.95. The average Bonchev–Trinajstić information content (AvgIpc) is 2.69. The Bertz CT molecular complexity index is 853. The summed E-state index contributed by atoms with van der Waals surface area (Å²) in [5, 5.41) is 0.